The summed E-state index contributed by atoms with van der Waals surface area (Å²) in [7, 11) is 0. The van der Waals surface area contributed by atoms with E-state index in [9.17, 15) is 9.59 Å². The molecule has 0 spiro atoms. The summed E-state index contributed by atoms with van der Waals surface area (Å²) in [6.07, 6.45) is 0.452. The number of nitrogens with zero attached hydrogens (tertiary/aromatic N) is 1. The zero-order valence-corrected chi connectivity index (χ0v) is 12.8. The van der Waals surface area contributed by atoms with E-state index in [-0.39, 0.29) is 18.0 Å². The molecule has 24 heavy (non-hydrogen) atoms. The molecule has 0 N–H and O–H groups in total. The van der Waals surface area contributed by atoms with Gasteiger partial charge in [-0.2, -0.15) is 0 Å². The van der Waals surface area contributed by atoms with Gasteiger partial charge in [0.15, 0.2) is 0 Å². The third-order valence-electron chi connectivity index (χ3n) is 5.03. The predicted octanol–water partition coefficient (Wildman–Crippen LogP) is 2.45. The minimum absolute atomic E-state index is 0.0534. The minimum atomic E-state index is -0.446. The van der Waals surface area contributed by atoms with E-state index in [2.05, 4.69) is 0 Å². The highest BCUT2D eigenvalue weighted by atomic mass is 16.6. The Labute approximate surface area is 138 Å². The highest BCUT2D eigenvalue weighted by molar-refractivity contribution is 5.94. The van der Waals surface area contributed by atoms with Crippen molar-refractivity contribution >= 4 is 11.9 Å². The molecule has 0 radical (unpaired) electrons. The van der Waals surface area contributed by atoms with E-state index in [4.69, 9.17) is 9.47 Å². The molecule has 0 saturated carbocycles. The van der Waals surface area contributed by atoms with Crippen LogP contribution in [0.15, 0.2) is 48.5 Å². The second-order valence-corrected chi connectivity index (χ2v) is 6.41. The molecule has 3 heterocycles. The lowest BCUT2D eigenvalue weighted by Gasteiger charge is -2.33. The second-order valence-electron chi connectivity index (χ2n) is 6.41. The number of amides is 1. The van der Waals surface area contributed by atoms with Crippen molar-refractivity contribution in [2.75, 3.05) is 6.54 Å². The Morgan fingerprint density at radius 1 is 1.00 bits per heavy atom. The highest BCUT2D eigenvalue weighted by Gasteiger charge is 2.50. The van der Waals surface area contributed by atoms with Gasteiger partial charge in [-0.15, -0.1) is 0 Å². The molecule has 2 atom stereocenters. The summed E-state index contributed by atoms with van der Waals surface area (Å²) >= 11 is 0. The number of carbonyl (C=O) groups is 2. The fourth-order valence-corrected chi connectivity index (χ4v) is 3.93. The summed E-state index contributed by atoms with van der Waals surface area (Å²) < 4.78 is 11.2. The van der Waals surface area contributed by atoms with Gasteiger partial charge >= 0.3 is 5.97 Å². The lowest BCUT2D eigenvalue weighted by atomic mass is 9.86. The average Bonchev–Trinajstić information content (AvgIpc) is 3.18. The van der Waals surface area contributed by atoms with E-state index >= 15 is 0 Å². The second kappa shape index (κ2) is 4.84. The van der Waals surface area contributed by atoms with Crippen molar-refractivity contribution in [2.24, 2.45) is 0 Å². The van der Waals surface area contributed by atoms with Crippen LogP contribution in [-0.2, 0) is 14.3 Å². The maximum Gasteiger partial charge on any atom is 0.329 e. The lowest BCUT2D eigenvalue weighted by Crippen LogP contribution is -2.46. The molecule has 3 aliphatic heterocycles. The lowest BCUT2D eigenvalue weighted by molar-refractivity contribution is -0.157. The Hall–Kier alpha value is -2.82. The van der Waals surface area contributed by atoms with Gasteiger partial charge in [0.2, 0.25) is 5.91 Å². The van der Waals surface area contributed by atoms with Crippen molar-refractivity contribution in [1.82, 2.24) is 4.90 Å². The van der Waals surface area contributed by atoms with Crippen molar-refractivity contribution in [2.45, 2.75) is 24.5 Å². The predicted molar refractivity (Wildman–Crippen MR) is 84.8 cm³/mol. The molecule has 2 fully saturated rings. The summed E-state index contributed by atoms with van der Waals surface area (Å²) in [5, 5.41) is 0. The van der Waals surface area contributed by atoms with Crippen molar-refractivity contribution in [1.29, 1.82) is 0 Å². The first-order chi connectivity index (χ1) is 11.7. The molecular formula is C19H15NO4. The van der Waals surface area contributed by atoms with Crippen LogP contribution in [0.1, 0.15) is 23.5 Å². The fraction of sp³-hybridized carbons (Fsp3) is 0.263. The van der Waals surface area contributed by atoms with E-state index in [1.807, 2.05) is 48.5 Å². The first-order valence-electron chi connectivity index (χ1n) is 8.09. The molecular weight excluding hydrogens is 306 g/mol. The molecule has 2 aromatic rings. The van der Waals surface area contributed by atoms with Crippen LogP contribution in [0.3, 0.4) is 0 Å². The third-order valence-corrected chi connectivity index (χ3v) is 5.03. The van der Waals surface area contributed by atoms with E-state index in [1.165, 1.54) is 0 Å². The van der Waals surface area contributed by atoms with E-state index in [0.29, 0.717) is 24.5 Å². The molecule has 2 aromatic carbocycles. The van der Waals surface area contributed by atoms with Crippen LogP contribution in [0, 0.1) is 0 Å². The summed E-state index contributed by atoms with van der Waals surface area (Å²) in [5.41, 5.74) is 1.69. The van der Waals surface area contributed by atoms with Gasteiger partial charge in [-0.1, -0.05) is 36.4 Å². The maximum atomic E-state index is 13.3. The number of hydrogen-bond acceptors (Lipinski definition) is 4. The van der Waals surface area contributed by atoms with Crippen LogP contribution in [0.5, 0.6) is 11.5 Å². The standard InChI is InChI=1S/C19H15NO4/c21-18(20-10-11-9-14(20)19(22)23-11)17-12-5-1-3-7-15(12)24-16-8-4-2-6-13(16)17/h1-8,11,14,17H,9-10H2/t11-,14-/m1/s1. The molecule has 0 aliphatic carbocycles. The Bertz CT molecular complexity index is 816. The van der Waals surface area contributed by atoms with Gasteiger partial charge in [-0.25, -0.2) is 4.79 Å². The monoisotopic (exact) mass is 321 g/mol. The zero-order chi connectivity index (χ0) is 16.3. The number of benzene rings is 2. The van der Waals surface area contributed by atoms with Gasteiger partial charge in [-0.05, 0) is 12.1 Å². The number of rotatable bonds is 1. The Balaban J connectivity index is 1.60. The number of carbonyl (C=O) groups excluding carboxylic acids is 2. The van der Waals surface area contributed by atoms with Gasteiger partial charge in [-0.3, -0.25) is 4.79 Å². The molecule has 2 saturated heterocycles. The number of esters is 1. The van der Waals surface area contributed by atoms with Crippen molar-refractivity contribution in [3.63, 3.8) is 0 Å². The molecule has 0 unspecified atom stereocenters. The normalized spacial score (nSPS) is 24.2. The zero-order valence-electron chi connectivity index (χ0n) is 12.8. The van der Waals surface area contributed by atoms with Crippen LogP contribution in [0.25, 0.3) is 0 Å². The van der Waals surface area contributed by atoms with Crippen LogP contribution >= 0.6 is 0 Å². The average molecular weight is 321 g/mol. The molecule has 5 nitrogen and oxygen atoms in total. The smallest absolute Gasteiger partial charge is 0.329 e. The quantitative estimate of drug-likeness (QED) is 0.757. The summed E-state index contributed by atoms with van der Waals surface area (Å²) in [6, 6.07) is 14.7. The number of fused-ring (bicyclic) bond motifs is 4. The van der Waals surface area contributed by atoms with E-state index in [1.54, 1.807) is 4.90 Å². The molecule has 1 amide bonds. The van der Waals surface area contributed by atoms with Gasteiger partial charge in [0, 0.05) is 17.5 Å². The van der Waals surface area contributed by atoms with Gasteiger partial charge < -0.3 is 14.4 Å². The first kappa shape index (κ1) is 13.6. The minimum Gasteiger partial charge on any atom is -0.459 e. The maximum absolute atomic E-state index is 13.3. The van der Waals surface area contributed by atoms with E-state index < -0.39 is 12.0 Å². The largest absolute Gasteiger partial charge is 0.459 e. The molecule has 0 aromatic heterocycles. The number of likely N-dealkylation sites (tertiary alicyclic amines) is 1. The van der Waals surface area contributed by atoms with Crippen molar-refractivity contribution in [3.8, 4) is 11.5 Å². The summed E-state index contributed by atoms with van der Waals surface area (Å²) in [6.45, 7) is 0.483. The first-order valence-corrected chi connectivity index (χ1v) is 8.09. The topological polar surface area (TPSA) is 55.8 Å². The SMILES string of the molecule is O=C1O[C@@H]2C[C@H]1N(C(=O)C1c3ccccc3Oc3ccccc31)C2. The Morgan fingerprint density at radius 3 is 2.21 bits per heavy atom. The summed E-state index contributed by atoms with van der Waals surface area (Å²) in [4.78, 5) is 26.9. The molecule has 5 rings (SSSR count). The Kier molecular flexibility index (Phi) is 2.74. The Morgan fingerprint density at radius 2 is 1.62 bits per heavy atom. The number of ether oxygens (including phenoxy) is 2. The van der Waals surface area contributed by atoms with Crippen molar-refractivity contribution in [3.05, 3.63) is 59.7 Å². The number of morpholine rings is 1. The van der Waals surface area contributed by atoms with E-state index in [0.717, 1.165) is 11.1 Å². The summed E-state index contributed by atoms with van der Waals surface area (Å²) in [5.74, 6) is 0.608. The van der Waals surface area contributed by atoms with Gasteiger partial charge in [0.05, 0.1) is 12.5 Å². The fourth-order valence-electron chi connectivity index (χ4n) is 3.93. The van der Waals surface area contributed by atoms with Crippen molar-refractivity contribution < 1.29 is 19.1 Å². The van der Waals surface area contributed by atoms with Gasteiger partial charge in [0.1, 0.15) is 23.6 Å². The van der Waals surface area contributed by atoms with Crippen LogP contribution in [0.2, 0.25) is 0 Å². The van der Waals surface area contributed by atoms with Crippen LogP contribution < -0.4 is 4.74 Å². The van der Waals surface area contributed by atoms with Gasteiger partial charge in [0.25, 0.3) is 0 Å². The van der Waals surface area contributed by atoms with Crippen LogP contribution in [-0.4, -0.2) is 35.5 Å². The molecule has 2 bridgehead atoms. The van der Waals surface area contributed by atoms with Crippen LogP contribution in [0.4, 0.5) is 0 Å². The molecule has 3 aliphatic rings. The highest BCUT2D eigenvalue weighted by Crippen LogP contribution is 2.45. The molecule has 5 heteroatoms. The molecule has 120 valence electrons. The third kappa shape index (κ3) is 1.81. The number of para-hydroxylation sites is 2. The number of hydrogen-bond donors (Lipinski definition) is 0.